The van der Waals surface area contributed by atoms with Crippen LogP contribution in [0.25, 0.3) is 0 Å². The Morgan fingerprint density at radius 3 is 2.57 bits per heavy atom. The molecule has 0 aliphatic carbocycles. The lowest BCUT2D eigenvalue weighted by Crippen LogP contribution is -2.19. The molecule has 0 heterocycles. The van der Waals surface area contributed by atoms with Crippen molar-refractivity contribution in [2.75, 3.05) is 6.61 Å². The van der Waals surface area contributed by atoms with Gasteiger partial charge in [-0.15, -0.1) is 13.2 Å². The van der Waals surface area contributed by atoms with Gasteiger partial charge in [0.05, 0.1) is 18.6 Å². The second-order valence-corrected chi connectivity index (χ2v) is 3.77. The summed E-state index contributed by atoms with van der Waals surface area (Å²) >= 11 is 0. The Balaban J connectivity index is 3.30. The number of hydrogen-bond acceptors (Lipinski definition) is 5. The quantitative estimate of drug-likeness (QED) is 0.616. The van der Waals surface area contributed by atoms with Crippen molar-refractivity contribution in [2.24, 2.45) is 0 Å². The second kappa shape index (κ2) is 6.74. The summed E-state index contributed by atoms with van der Waals surface area (Å²) in [5, 5.41) is 8.99. The summed E-state index contributed by atoms with van der Waals surface area (Å²) in [4.78, 5) is 22.3. The van der Waals surface area contributed by atoms with E-state index in [1.54, 1.807) is 6.92 Å². The van der Waals surface area contributed by atoms with E-state index in [4.69, 9.17) is 5.26 Å². The highest BCUT2D eigenvalue weighted by Gasteiger charge is 2.33. The number of rotatable bonds is 5. The number of aldehydes is 1. The minimum absolute atomic E-state index is 0.0654. The Bertz CT molecular complexity index is 590. The number of ether oxygens (including phenoxy) is 2. The first-order valence-electron chi connectivity index (χ1n) is 5.74. The van der Waals surface area contributed by atoms with E-state index in [2.05, 4.69) is 9.47 Å². The second-order valence-electron chi connectivity index (χ2n) is 3.77. The molecule has 0 aliphatic rings. The first kappa shape index (κ1) is 16.5. The summed E-state index contributed by atoms with van der Waals surface area (Å²) in [6, 6.07) is 3.41. The minimum Gasteiger partial charge on any atom is -0.466 e. The molecule has 0 saturated heterocycles. The number of halogens is 3. The molecule has 0 bridgehead atoms. The van der Waals surface area contributed by atoms with Crippen molar-refractivity contribution < 1.29 is 32.2 Å². The van der Waals surface area contributed by atoms with Crippen LogP contribution in [0.3, 0.4) is 0 Å². The van der Waals surface area contributed by atoms with Gasteiger partial charge in [0.1, 0.15) is 18.1 Å². The number of carbonyl (C=O) groups excluding carboxylic acids is 2. The fourth-order valence-corrected chi connectivity index (χ4v) is 1.63. The number of esters is 1. The maximum absolute atomic E-state index is 12.3. The van der Waals surface area contributed by atoms with E-state index in [-0.39, 0.29) is 17.7 Å². The van der Waals surface area contributed by atoms with Gasteiger partial charge in [0.15, 0.2) is 0 Å². The molecular formula is C13H10F3NO4. The van der Waals surface area contributed by atoms with Crippen molar-refractivity contribution in [3.63, 3.8) is 0 Å². The lowest BCUT2D eigenvalue weighted by Gasteiger charge is -2.14. The molecule has 0 N–H and O–H groups in total. The Morgan fingerprint density at radius 1 is 1.43 bits per heavy atom. The van der Waals surface area contributed by atoms with Crippen LogP contribution in [0, 0.1) is 11.3 Å². The fourth-order valence-electron chi connectivity index (χ4n) is 1.63. The van der Waals surface area contributed by atoms with Crippen molar-refractivity contribution in [1.82, 2.24) is 0 Å². The average molecular weight is 301 g/mol. The topological polar surface area (TPSA) is 76.4 Å². The Morgan fingerprint density at radius 2 is 2.10 bits per heavy atom. The molecule has 21 heavy (non-hydrogen) atoms. The molecule has 8 heteroatoms. The molecule has 0 unspecified atom stereocenters. The third-order valence-electron chi connectivity index (χ3n) is 2.40. The largest absolute Gasteiger partial charge is 0.573 e. The smallest absolute Gasteiger partial charge is 0.466 e. The summed E-state index contributed by atoms with van der Waals surface area (Å²) < 4.78 is 45.2. The highest BCUT2D eigenvalue weighted by atomic mass is 19.4. The van der Waals surface area contributed by atoms with Gasteiger partial charge < -0.3 is 9.47 Å². The van der Waals surface area contributed by atoms with Crippen LogP contribution in [0.2, 0.25) is 0 Å². The third-order valence-corrected chi connectivity index (χ3v) is 2.40. The molecule has 0 radical (unpaired) electrons. The zero-order valence-corrected chi connectivity index (χ0v) is 10.9. The van der Waals surface area contributed by atoms with Gasteiger partial charge in [-0.3, -0.25) is 9.59 Å². The third kappa shape index (κ3) is 4.49. The number of benzene rings is 1. The van der Waals surface area contributed by atoms with Gasteiger partial charge in [-0.05, 0) is 24.6 Å². The molecule has 1 aromatic carbocycles. The van der Waals surface area contributed by atoms with Crippen LogP contribution in [0.5, 0.6) is 5.75 Å². The van der Waals surface area contributed by atoms with Crippen LogP contribution in [0.15, 0.2) is 12.1 Å². The zero-order valence-electron chi connectivity index (χ0n) is 10.9. The summed E-state index contributed by atoms with van der Waals surface area (Å²) in [5.74, 6) is -1.53. The standard InChI is InChI=1S/C13H10F3NO4/c1-2-20-12(19)5-9-8(7-18)3-4-11(10(9)6-17)21-13(14,15)16/h3-4,7H,2,5H2,1H3. The molecule has 0 aliphatic heterocycles. The highest BCUT2D eigenvalue weighted by Crippen LogP contribution is 2.30. The van der Waals surface area contributed by atoms with Gasteiger partial charge in [-0.1, -0.05) is 0 Å². The SMILES string of the molecule is CCOC(=O)Cc1c(C=O)ccc(OC(F)(F)F)c1C#N. The predicted molar refractivity (Wildman–Crippen MR) is 63.6 cm³/mol. The van der Waals surface area contributed by atoms with Crippen LogP contribution >= 0.6 is 0 Å². The van der Waals surface area contributed by atoms with Crippen molar-refractivity contribution in [2.45, 2.75) is 19.7 Å². The molecule has 0 amide bonds. The van der Waals surface area contributed by atoms with Crippen molar-refractivity contribution >= 4 is 12.3 Å². The zero-order chi connectivity index (χ0) is 16.0. The van der Waals surface area contributed by atoms with Crippen molar-refractivity contribution in [3.05, 3.63) is 28.8 Å². The lowest BCUT2D eigenvalue weighted by atomic mass is 9.98. The molecule has 0 spiro atoms. The van der Waals surface area contributed by atoms with Gasteiger partial charge in [-0.2, -0.15) is 5.26 Å². The van der Waals surface area contributed by atoms with Gasteiger partial charge in [0.25, 0.3) is 0 Å². The predicted octanol–water partition coefficient (Wildman–Crippen LogP) is 2.37. The molecule has 0 aromatic heterocycles. The Kier molecular flexibility index (Phi) is 5.30. The minimum atomic E-state index is -4.99. The molecular weight excluding hydrogens is 291 g/mol. The van der Waals surface area contributed by atoms with Crippen LogP contribution < -0.4 is 4.74 Å². The lowest BCUT2D eigenvalue weighted by molar-refractivity contribution is -0.274. The molecule has 0 atom stereocenters. The summed E-state index contributed by atoms with van der Waals surface area (Å²) in [5.41, 5.74) is -0.758. The Labute approximate surface area is 117 Å². The van der Waals surface area contributed by atoms with Crippen LogP contribution in [0.1, 0.15) is 28.4 Å². The van der Waals surface area contributed by atoms with Gasteiger partial charge in [0.2, 0.25) is 0 Å². The van der Waals surface area contributed by atoms with Crippen LogP contribution in [-0.2, 0) is 16.0 Å². The molecule has 5 nitrogen and oxygen atoms in total. The van der Waals surface area contributed by atoms with Gasteiger partial charge >= 0.3 is 12.3 Å². The molecule has 1 aromatic rings. The van der Waals surface area contributed by atoms with E-state index in [0.717, 1.165) is 12.1 Å². The number of alkyl halides is 3. The van der Waals surface area contributed by atoms with E-state index < -0.39 is 30.1 Å². The van der Waals surface area contributed by atoms with E-state index in [1.165, 1.54) is 6.07 Å². The fraction of sp³-hybridized carbons (Fsp3) is 0.308. The summed E-state index contributed by atoms with van der Waals surface area (Å²) in [7, 11) is 0. The Hall–Kier alpha value is -2.56. The van der Waals surface area contributed by atoms with E-state index >= 15 is 0 Å². The first-order chi connectivity index (χ1) is 9.82. The summed E-state index contributed by atoms with van der Waals surface area (Å²) in [6.45, 7) is 1.61. The van der Waals surface area contributed by atoms with Gasteiger partial charge in [0, 0.05) is 5.56 Å². The summed E-state index contributed by atoms with van der Waals surface area (Å²) in [6.07, 6.45) is -5.15. The molecule has 1 rings (SSSR count). The molecule has 0 saturated carbocycles. The van der Waals surface area contributed by atoms with Crippen molar-refractivity contribution in [3.8, 4) is 11.8 Å². The van der Waals surface area contributed by atoms with E-state index in [1.807, 2.05) is 0 Å². The number of nitriles is 1. The number of carbonyl (C=O) groups is 2. The molecule has 112 valence electrons. The van der Waals surface area contributed by atoms with Crippen LogP contribution in [0.4, 0.5) is 13.2 Å². The maximum atomic E-state index is 12.3. The monoisotopic (exact) mass is 301 g/mol. The number of hydrogen-bond donors (Lipinski definition) is 0. The van der Waals surface area contributed by atoms with E-state index in [9.17, 15) is 22.8 Å². The normalized spacial score (nSPS) is 10.6. The van der Waals surface area contributed by atoms with Crippen LogP contribution in [-0.4, -0.2) is 25.2 Å². The first-order valence-corrected chi connectivity index (χ1v) is 5.74. The van der Waals surface area contributed by atoms with Gasteiger partial charge in [-0.25, -0.2) is 0 Å². The highest BCUT2D eigenvalue weighted by molar-refractivity contribution is 5.84. The average Bonchev–Trinajstić information content (AvgIpc) is 2.37. The van der Waals surface area contributed by atoms with E-state index in [0.29, 0.717) is 6.29 Å². The molecule has 0 fully saturated rings. The maximum Gasteiger partial charge on any atom is 0.573 e. The number of nitrogens with zero attached hydrogens (tertiary/aromatic N) is 1. The van der Waals surface area contributed by atoms with Crippen molar-refractivity contribution in [1.29, 1.82) is 5.26 Å².